The van der Waals surface area contributed by atoms with Crippen LogP contribution in [0, 0.1) is 27.7 Å². The molecule has 3 rings (SSSR count). The highest BCUT2D eigenvalue weighted by Gasteiger charge is 2.21. The summed E-state index contributed by atoms with van der Waals surface area (Å²) in [7, 11) is 4.12. The molecule has 1 amide bonds. The van der Waals surface area contributed by atoms with Gasteiger partial charge in [0.2, 0.25) is 5.91 Å². The lowest BCUT2D eigenvalue weighted by molar-refractivity contribution is -0.118. The topological polar surface area (TPSA) is 36.4 Å². The predicted octanol–water partition coefficient (Wildman–Crippen LogP) is 5.06. The molecule has 0 N–H and O–H groups in total. The minimum Gasteiger partial charge on any atom is -0.309 e. The molecule has 3 aromatic rings. The van der Waals surface area contributed by atoms with Crippen molar-refractivity contribution in [3.8, 4) is 0 Å². The number of benzene rings is 2. The van der Waals surface area contributed by atoms with Crippen LogP contribution in [0.15, 0.2) is 30.3 Å². The van der Waals surface area contributed by atoms with Crippen molar-refractivity contribution < 1.29 is 4.79 Å². The van der Waals surface area contributed by atoms with Crippen LogP contribution < -0.4 is 4.90 Å². The Morgan fingerprint density at radius 1 is 0.966 bits per heavy atom. The van der Waals surface area contributed by atoms with E-state index < -0.39 is 0 Å². The summed E-state index contributed by atoms with van der Waals surface area (Å²) in [6.07, 6.45) is 1.32. The predicted molar refractivity (Wildman–Crippen MR) is 124 cm³/mol. The smallest absolute Gasteiger partial charge is 0.233 e. The lowest BCUT2D eigenvalue weighted by Gasteiger charge is -2.21. The molecule has 0 aliphatic rings. The molecule has 4 nitrogen and oxygen atoms in total. The van der Waals surface area contributed by atoms with E-state index in [1.54, 1.807) is 11.3 Å². The number of hydrogen-bond acceptors (Lipinski definition) is 4. The first-order valence-electron chi connectivity index (χ1n) is 10.1. The Morgan fingerprint density at radius 2 is 1.72 bits per heavy atom. The molecule has 0 unspecified atom stereocenters. The number of rotatable bonds is 7. The number of thiazole rings is 1. The molecule has 29 heavy (non-hydrogen) atoms. The van der Waals surface area contributed by atoms with Gasteiger partial charge in [-0.25, -0.2) is 4.98 Å². The van der Waals surface area contributed by atoms with Gasteiger partial charge in [-0.05, 0) is 88.6 Å². The van der Waals surface area contributed by atoms with Crippen LogP contribution in [0.1, 0.15) is 34.2 Å². The maximum absolute atomic E-state index is 13.3. The molecule has 0 spiro atoms. The van der Waals surface area contributed by atoms with Gasteiger partial charge >= 0.3 is 0 Å². The second kappa shape index (κ2) is 9.06. The van der Waals surface area contributed by atoms with Gasteiger partial charge in [0, 0.05) is 6.54 Å². The van der Waals surface area contributed by atoms with E-state index in [2.05, 4.69) is 77.0 Å². The summed E-state index contributed by atoms with van der Waals surface area (Å²) >= 11 is 1.62. The van der Waals surface area contributed by atoms with Crippen molar-refractivity contribution >= 4 is 32.6 Å². The van der Waals surface area contributed by atoms with Crippen molar-refractivity contribution in [2.75, 3.05) is 32.1 Å². The third-order valence-electron chi connectivity index (χ3n) is 5.25. The number of hydrogen-bond donors (Lipinski definition) is 0. The summed E-state index contributed by atoms with van der Waals surface area (Å²) in [5.41, 5.74) is 6.94. The maximum Gasteiger partial charge on any atom is 0.233 e. The average molecular weight is 410 g/mol. The van der Waals surface area contributed by atoms with Crippen LogP contribution in [-0.2, 0) is 11.2 Å². The van der Waals surface area contributed by atoms with Crippen LogP contribution in [-0.4, -0.2) is 43.0 Å². The van der Waals surface area contributed by atoms with Crippen molar-refractivity contribution in [2.45, 2.75) is 40.5 Å². The van der Waals surface area contributed by atoms with E-state index in [0.717, 1.165) is 29.2 Å². The molecule has 0 bridgehead atoms. The maximum atomic E-state index is 13.3. The molecule has 2 aromatic carbocycles. The molecule has 5 heteroatoms. The van der Waals surface area contributed by atoms with Gasteiger partial charge in [-0.2, -0.15) is 0 Å². The van der Waals surface area contributed by atoms with E-state index in [-0.39, 0.29) is 5.91 Å². The van der Waals surface area contributed by atoms with Crippen molar-refractivity contribution in [2.24, 2.45) is 0 Å². The van der Waals surface area contributed by atoms with Crippen molar-refractivity contribution in [3.63, 3.8) is 0 Å². The lowest BCUT2D eigenvalue weighted by atomic mass is 10.0. The highest BCUT2D eigenvalue weighted by atomic mass is 32.1. The molecule has 0 aliphatic heterocycles. The number of anilines is 1. The van der Waals surface area contributed by atoms with E-state index in [4.69, 9.17) is 4.98 Å². The number of aromatic nitrogens is 1. The zero-order chi connectivity index (χ0) is 21.1. The van der Waals surface area contributed by atoms with E-state index in [1.807, 2.05) is 4.90 Å². The van der Waals surface area contributed by atoms with Gasteiger partial charge in [0.05, 0.1) is 16.6 Å². The Hall–Kier alpha value is -2.24. The van der Waals surface area contributed by atoms with Gasteiger partial charge < -0.3 is 4.90 Å². The van der Waals surface area contributed by atoms with Crippen molar-refractivity contribution in [1.82, 2.24) is 9.88 Å². The number of carbonyl (C=O) groups is 1. The molecule has 1 aromatic heterocycles. The zero-order valence-electron chi connectivity index (χ0n) is 18.4. The Morgan fingerprint density at radius 3 is 2.41 bits per heavy atom. The second-order valence-electron chi connectivity index (χ2n) is 8.22. The van der Waals surface area contributed by atoms with Gasteiger partial charge in [-0.3, -0.25) is 9.69 Å². The first-order chi connectivity index (χ1) is 13.7. The van der Waals surface area contributed by atoms with Gasteiger partial charge in [-0.15, -0.1) is 0 Å². The van der Waals surface area contributed by atoms with Crippen LogP contribution in [0.25, 0.3) is 10.2 Å². The largest absolute Gasteiger partial charge is 0.309 e. The standard InChI is InChI=1S/C24H31N3OS/c1-16-12-19(4)23-21(13-16)25-24(29-23)27(11-7-10-26(5)6)22(28)15-20-9-8-17(2)18(3)14-20/h8-9,12-14H,7,10-11,15H2,1-6H3. The van der Waals surface area contributed by atoms with E-state index >= 15 is 0 Å². The molecule has 0 radical (unpaired) electrons. The minimum atomic E-state index is 0.112. The van der Waals surface area contributed by atoms with Gasteiger partial charge in [-0.1, -0.05) is 35.6 Å². The first-order valence-corrected chi connectivity index (χ1v) is 11.0. The second-order valence-corrected chi connectivity index (χ2v) is 9.20. The van der Waals surface area contributed by atoms with Gasteiger partial charge in [0.15, 0.2) is 5.13 Å². The average Bonchev–Trinajstić information content (AvgIpc) is 3.05. The van der Waals surface area contributed by atoms with Crippen molar-refractivity contribution in [1.29, 1.82) is 0 Å². The van der Waals surface area contributed by atoms with Gasteiger partial charge in [0.25, 0.3) is 0 Å². The molecule has 0 fully saturated rings. The molecule has 154 valence electrons. The normalized spacial score (nSPS) is 11.4. The summed E-state index contributed by atoms with van der Waals surface area (Å²) in [6.45, 7) is 10.0. The molecular formula is C24H31N3OS. The Kier molecular flexibility index (Phi) is 6.70. The minimum absolute atomic E-state index is 0.112. The SMILES string of the molecule is Cc1cc(C)c2sc(N(CCCN(C)C)C(=O)Cc3ccc(C)c(C)c3)nc2c1. The van der Waals surface area contributed by atoms with Gasteiger partial charge in [0.1, 0.15) is 0 Å². The Balaban J connectivity index is 1.90. The summed E-state index contributed by atoms with van der Waals surface area (Å²) in [4.78, 5) is 22.2. The fourth-order valence-corrected chi connectivity index (χ4v) is 4.59. The highest BCUT2D eigenvalue weighted by molar-refractivity contribution is 7.22. The third-order valence-corrected chi connectivity index (χ3v) is 6.48. The number of aryl methyl sites for hydroxylation is 4. The molecule has 0 saturated heterocycles. The van der Waals surface area contributed by atoms with Crippen LogP contribution >= 0.6 is 11.3 Å². The van der Waals surface area contributed by atoms with Crippen LogP contribution in [0.3, 0.4) is 0 Å². The van der Waals surface area contributed by atoms with Crippen molar-refractivity contribution in [3.05, 3.63) is 58.1 Å². The highest BCUT2D eigenvalue weighted by Crippen LogP contribution is 2.32. The monoisotopic (exact) mass is 409 g/mol. The Labute approximate surface area is 178 Å². The molecular weight excluding hydrogens is 378 g/mol. The number of nitrogens with zero attached hydrogens (tertiary/aromatic N) is 3. The quantitative estimate of drug-likeness (QED) is 0.547. The molecule has 0 atom stereocenters. The Bertz CT molecular complexity index is 1020. The van der Waals surface area contributed by atoms with E-state index in [1.165, 1.54) is 27.0 Å². The molecule has 0 saturated carbocycles. The fraction of sp³-hybridized carbons (Fsp3) is 0.417. The number of carbonyl (C=O) groups excluding carboxylic acids is 1. The summed E-state index contributed by atoms with van der Waals surface area (Å²) < 4.78 is 1.17. The number of amides is 1. The fourth-order valence-electron chi connectivity index (χ4n) is 3.54. The van der Waals surface area contributed by atoms with Crippen LogP contribution in [0.5, 0.6) is 0 Å². The molecule has 1 heterocycles. The summed E-state index contributed by atoms with van der Waals surface area (Å²) in [5, 5.41) is 0.807. The third kappa shape index (κ3) is 5.22. The molecule has 0 aliphatic carbocycles. The first kappa shape index (κ1) is 21.5. The summed E-state index contributed by atoms with van der Waals surface area (Å²) in [5.74, 6) is 0.112. The van der Waals surface area contributed by atoms with Crippen LogP contribution in [0.2, 0.25) is 0 Å². The zero-order valence-corrected chi connectivity index (χ0v) is 19.2. The van der Waals surface area contributed by atoms with E-state index in [0.29, 0.717) is 13.0 Å². The number of fused-ring (bicyclic) bond motifs is 1. The van der Waals surface area contributed by atoms with Crippen LogP contribution in [0.4, 0.5) is 5.13 Å². The summed E-state index contributed by atoms with van der Waals surface area (Å²) in [6, 6.07) is 10.6. The van der Waals surface area contributed by atoms with E-state index in [9.17, 15) is 4.79 Å². The lowest BCUT2D eigenvalue weighted by Crippen LogP contribution is -2.34.